The molecule has 24 heavy (non-hydrogen) atoms. The summed E-state index contributed by atoms with van der Waals surface area (Å²) in [5.74, 6) is 0.767. The monoisotopic (exact) mass is 348 g/mol. The zero-order valence-corrected chi connectivity index (χ0v) is 14.1. The molecule has 0 unspecified atom stereocenters. The van der Waals surface area contributed by atoms with Crippen LogP contribution in [0.2, 0.25) is 0 Å². The van der Waals surface area contributed by atoms with E-state index in [0.717, 1.165) is 30.4 Å². The van der Waals surface area contributed by atoms with E-state index < -0.39 is 10.9 Å². The van der Waals surface area contributed by atoms with E-state index in [1.165, 1.54) is 31.7 Å². The van der Waals surface area contributed by atoms with Crippen molar-refractivity contribution in [3.8, 4) is 0 Å². The molecule has 8 nitrogen and oxygen atoms in total. The quantitative estimate of drug-likeness (QED) is 0.465. The second kappa shape index (κ2) is 6.60. The minimum absolute atomic E-state index is 0.0825. The number of esters is 1. The Bertz CT molecular complexity index is 801. The second-order valence-corrected chi connectivity index (χ2v) is 6.57. The third-order valence-corrected chi connectivity index (χ3v) is 5.20. The molecule has 1 aliphatic carbocycles. The minimum Gasteiger partial charge on any atom is -0.465 e. The van der Waals surface area contributed by atoms with Gasteiger partial charge in [-0.3, -0.25) is 10.1 Å². The molecule has 126 valence electrons. The fourth-order valence-electron chi connectivity index (χ4n) is 2.53. The highest BCUT2D eigenvalue weighted by molar-refractivity contribution is 7.99. The van der Waals surface area contributed by atoms with E-state index in [1.807, 2.05) is 11.6 Å². The maximum atomic E-state index is 11.7. The van der Waals surface area contributed by atoms with Gasteiger partial charge in [0.1, 0.15) is 5.82 Å². The van der Waals surface area contributed by atoms with Crippen molar-refractivity contribution in [3.63, 3.8) is 0 Å². The lowest BCUT2D eigenvalue weighted by molar-refractivity contribution is -0.387. The van der Waals surface area contributed by atoms with Crippen LogP contribution in [0.5, 0.6) is 0 Å². The van der Waals surface area contributed by atoms with Gasteiger partial charge in [-0.15, -0.1) is 10.2 Å². The van der Waals surface area contributed by atoms with E-state index in [1.54, 1.807) is 0 Å². The van der Waals surface area contributed by atoms with Crippen LogP contribution in [-0.4, -0.2) is 32.8 Å². The van der Waals surface area contributed by atoms with Crippen LogP contribution in [0.25, 0.3) is 0 Å². The number of methoxy groups -OCH3 is 1. The average molecular weight is 348 g/mol. The Kier molecular flexibility index (Phi) is 4.52. The molecule has 0 bridgehead atoms. The van der Waals surface area contributed by atoms with Gasteiger partial charge in [0, 0.05) is 19.0 Å². The number of rotatable bonds is 5. The third-order valence-electron chi connectivity index (χ3n) is 4.12. The van der Waals surface area contributed by atoms with Crippen LogP contribution >= 0.6 is 11.8 Å². The predicted molar refractivity (Wildman–Crippen MR) is 86.2 cm³/mol. The Labute approximate surface area is 142 Å². The van der Waals surface area contributed by atoms with Gasteiger partial charge in [-0.05, 0) is 36.7 Å². The largest absolute Gasteiger partial charge is 0.465 e. The molecule has 1 fully saturated rings. The number of hydrogen-bond acceptors (Lipinski definition) is 7. The van der Waals surface area contributed by atoms with Gasteiger partial charge in [0.2, 0.25) is 0 Å². The molecule has 0 saturated heterocycles. The Morgan fingerprint density at radius 3 is 2.75 bits per heavy atom. The van der Waals surface area contributed by atoms with Crippen molar-refractivity contribution in [1.29, 1.82) is 0 Å². The first kappa shape index (κ1) is 16.4. The smallest absolute Gasteiger partial charge is 0.337 e. The molecule has 0 N–H and O–H groups in total. The molecule has 0 atom stereocenters. The van der Waals surface area contributed by atoms with Crippen molar-refractivity contribution in [3.05, 3.63) is 39.7 Å². The maximum absolute atomic E-state index is 11.7. The molecule has 2 aromatic rings. The topological polar surface area (TPSA) is 100 Å². The van der Waals surface area contributed by atoms with Crippen LogP contribution in [-0.2, 0) is 11.8 Å². The normalized spacial score (nSPS) is 14.2. The van der Waals surface area contributed by atoms with Gasteiger partial charge in [0.05, 0.1) is 22.5 Å². The molecular formula is C15H16N4O4S. The number of ether oxygens (including phenoxy) is 1. The average Bonchev–Trinajstić information content (AvgIpc) is 2.86. The highest BCUT2D eigenvalue weighted by atomic mass is 32.2. The molecule has 0 amide bonds. The van der Waals surface area contributed by atoms with E-state index in [9.17, 15) is 14.9 Å². The Balaban J connectivity index is 1.94. The van der Waals surface area contributed by atoms with E-state index in [4.69, 9.17) is 0 Å². The fraction of sp³-hybridized carbons (Fsp3) is 0.400. The van der Waals surface area contributed by atoms with Crippen molar-refractivity contribution < 1.29 is 14.5 Å². The van der Waals surface area contributed by atoms with Gasteiger partial charge in [-0.25, -0.2) is 4.79 Å². The molecule has 1 aromatic carbocycles. The Morgan fingerprint density at radius 1 is 1.42 bits per heavy atom. The molecule has 9 heteroatoms. The van der Waals surface area contributed by atoms with Crippen molar-refractivity contribution in [2.45, 2.75) is 35.2 Å². The summed E-state index contributed by atoms with van der Waals surface area (Å²) in [5, 5.41) is 20.2. The van der Waals surface area contributed by atoms with Gasteiger partial charge in [-0.2, -0.15) is 0 Å². The predicted octanol–water partition coefficient (Wildman–Crippen LogP) is 2.93. The van der Waals surface area contributed by atoms with Gasteiger partial charge >= 0.3 is 5.97 Å². The SMILES string of the molecule is COC(=O)c1ccc([N+](=O)[O-])c(Sc2nnc(C3CCC3)n2C)c1. The van der Waals surface area contributed by atoms with E-state index >= 15 is 0 Å². The first-order valence-electron chi connectivity index (χ1n) is 7.45. The van der Waals surface area contributed by atoms with Gasteiger partial charge in [0.15, 0.2) is 5.16 Å². The Morgan fingerprint density at radius 2 is 2.17 bits per heavy atom. The number of benzene rings is 1. The number of carbonyl (C=O) groups is 1. The summed E-state index contributed by atoms with van der Waals surface area (Å²) in [6.45, 7) is 0. The standard InChI is InChI=1S/C15H16N4O4S/c1-18-13(9-4-3-5-9)16-17-15(18)24-12-8-10(14(20)23-2)6-7-11(12)19(21)22/h6-9H,3-5H2,1-2H3. The molecule has 1 saturated carbocycles. The molecule has 3 rings (SSSR count). The molecule has 1 heterocycles. The second-order valence-electron chi connectivity index (χ2n) is 5.56. The minimum atomic E-state index is -0.542. The van der Waals surface area contributed by atoms with Crippen molar-refractivity contribution in [1.82, 2.24) is 14.8 Å². The van der Waals surface area contributed by atoms with Gasteiger partial charge in [-0.1, -0.05) is 6.42 Å². The highest BCUT2D eigenvalue weighted by Crippen LogP contribution is 2.39. The lowest BCUT2D eigenvalue weighted by atomic mass is 9.85. The molecule has 0 radical (unpaired) electrons. The van der Waals surface area contributed by atoms with Crippen molar-refractivity contribution in [2.24, 2.45) is 7.05 Å². The number of nitro benzene ring substituents is 1. The number of aromatic nitrogens is 3. The fourth-order valence-corrected chi connectivity index (χ4v) is 3.47. The van der Waals surface area contributed by atoms with Crippen LogP contribution in [0.3, 0.4) is 0 Å². The van der Waals surface area contributed by atoms with Crippen LogP contribution < -0.4 is 0 Å². The summed E-state index contributed by atoms with van der Waals surface area (Å²) in [5.41, 5.74) is 0.174. The number of nitro groups is 1. The van der Waals surface area contributed by atoms with E-state index in [0.29, 0.717) is 16.0 Å². The van der Waals surface area contributed by atoms with Crippen LogP contribution in [0, 0.1) is 10.1 Å². The van der Waals surface area contributed by atoms with Crippen molar-refractivity contribution in [2.75, 3.05) is 7.11 Å². The number of hydrogen-bond donors (Lipinski definition) is 0. The summed E-state index contributed by atoms with van der Waals surface area (Å²) >= 11 is 1.12. The highest BCUT2D eigenvalue weighted by Gasteiger charge is 2.26. The zero-order chi connectivity index (χ0) is 17.3. The third kappa shape index (κ3) is 2.99. The summed E-state index contributed by atoms with van der Waals surface area (Å²) < 4.78 is 6.54. The van der Waals surface area contributed by atoms with Crippen LogP contribution in [0.1, 0.15) is 41.4 Å². The van der Waals surface area contributed by atoms with E-state index in [2.05, 4.69) is 14.9 Å². The van der Waals surface area contributed by atoms with Gasteiger partial charge < -0.3 is 9.30 Å². The lowest BCUT2D eigenvalue weighted by Crippen LogP contribution is -2.14. The number of carbonyl (C=O) groups excluding carboxylic acids is 1. The molecule has 0 aliphatic heterocycles. The lowest BCUT2D eigenvalue weighted by Gasteiger charge is -2.23. The molecule has 1 aliphatic rings. The van der Waals surface area contributed by atoms with E-state index in [-0.39, 0.29) is 11.3 Å². The first-order valence-corrected chi connectivity index (χ1v) is 8.26. The zero-order valence-electron chi connectivity index (χ0n) is 13.3. The van der Waals surface area contributed by atoms with Crippen LogP contribution in [0.15, 0.2) is 28.3 Å². The van der Waals surface area contributed by atoms with Crippen LogP contribution in [0.4, 0.5) is 5.69 Å². The summed E-state index contributed by atoms with van der Waals surface area (Å²) in [6.07, 6.45) is 3.37. The summed E-state index contributed by atoms with van der Waals surface area (Å²) in [7, 11) is 3.12. The summed E-state index contributed by atoms with van der Waals surface area (Å²) in [6, 6.07) is 4.13. The molecular weight excluding hydrogens is 332 g/mol. The Hall–Kier alpha value is -2.42. The molecule has 1 aromatic heterocycles. The summed E-state index contributed by atoms with van der Waals surface area (Å²) in [4.78, 5) is 22.8. The van der Waals surface area contributed by atoms with Gasteiger partial charge in [0.25, 0.3) is 5.69 Å². The van der Waals surface area contributed by atoms with Crippen molar-refractivity contribution >= 4 is 23.4 Å². The maximum Gasteiger partial charge on any atom is 0.337 e. The number of nitrogens with zero attached hydrogens (tertiary/aromatic N) is 4. The molecule has 0 spiro atoms. The first-order chi connectivity index (χ1) is 11.5.